The number of nitrogens with one attached hydrogen (secondary N) is 1. The topological polar surface area (TPSA) is 86.7 Å². The Kier molecular flexibility index (Phi) is 7.18. The zero-order chi connectivity index (χ0) is 19.1. The Morgan fingerprint density at radius 2 is 1.69 bits per heavy atom. The van der Waals surface area contributed by atoms with E-state index in [0.29, 0.717) is 35.9 Å². The van der Waals surface area contributed by atoms with Crippen molar-refractivity contribution in [3.8, 4) is 0 Å². The largest absolute Gasteiger partial charge is 0.481 e. The zero-order valence-electron chi connectivity index (χ0n) is 15.5. The van der Waals surface area contributed by atoms with Gasteiger partial charge in [-0.25, -0.2) is 0 Å². The fourth-order valence-corrected chi connectivity index (χ4v) is 3.55. The first-order valence-corrected chi connectivity index (χ1v) is 9.26. The number of aliphatic carboxylic acids is 1. The van der Waals surface area contributed by atoms with Gasteiger partial charge in [-0.05, 0) is 43.2 Å². The monoisotopic (exact) mass is 360 g/mol. The zero-order valence-corrected chi connectivity index (χ0v) is 15.5. The molecule has 0 bridgehead atoms. The number of piperidine rings is 1. The second-order valence-electron chi connectivity index (χ2n) is 7.35. The molecule has 6 heteroatoms. The van der Waals surface area contributed by atoms with Crippen molar-refractivity contribution in [3.63, 3.8) is 0 Å². The molecule has 26 heavy (non-hydrogen) atoms. The van der Waals surface area contributed by atoms with Crippen LogP contribution in [-0.4, -0.2) is 40.9 Å². The van der Waals surface area contributed by atoms with Crippen LogP contribution in [-0.2, 0) is 9.59 Å². The number of unbranched alkanes of at least 4 members (excludes halogenated alkanes) is 1. The summed E-state index contributed by atoms with van der Waals surface area (Å²) in [6, 6.07) is 7.07. The lowest BCUT2D eigenvalue weighted by Crippen LogP contribution is -2.42. The van der Waals surface area contributed by atoms with Crippen LogP contribution in [0.1, 0.15) is 56.3 Å². The molecule has 1 fully saturated rings. The van der Waals surface area contributed by atoms with Gasteiger partial charge < -0.3 is 15.3 Å². The number of likely N-dealkylation sites (tertiary alicyclic amines) is 1. The summed E-state index contributed by atoms with van der Waals surface area (Å²) in [7, 11) is 0. The molecule has 0 spiro atoms. The molecule has 2 atom stereocenters. The minimum atomic E-state index is -0.855. The Morgan fingerprint density at radius 1 is 1.08 bits per heavy atom. The number of hydrogen-bond donors (Lipinski definition) is 2. The summed E-state index contributed by atoms with van der Waals surface area (Å²) >= 11 is 0. The number of anilines is 1. The first kappa shape index (κ1) is 19.9. The van der Waals surface area contributed by atoms with Crippen LogP contribution in [0.4, 0.5) is 5.69 Å². The number of benzene rings is 1. The summed E-state index contributed by atoms with van der Waals surface area (Å²) in [6.45, 7) is 5.78. The molecular formula is C20H28N2O4. The van der Waals surface area contributed by atoms with Crippen LogP contribution in [0.25, 0.3) is 0 Å². The molecule has 2 rings (SSSR count). The van der Waals surface area contributed by atoms with Gasteiger partial charge in [0, 0.05) is 25.9 Å². The molecule has 2 amide bonds. The van der Waals surface area contributed by atoms with Gasteiger partial charge in [0.15, 0.2) is 0 Å². The number of carbonyl (C=O) groups excluding carboxylic acids is 2. The number of carbonyl (C=O) groups is 3. The molecular weight excluding hydrogens is 332 g/mol. The van der Waals surface area contributed by atoms with Crippen molar-refractivity contribution in [1.29, 1.82) is 0 Å². The molecule has 0 saturated carbocycles. The number of hydrogen-bond acceptors (Lipinski definition) is 3. The van der Waals surface area contributed by atoms with Crippen LogP contribution in [0.5, 0.6) is 0 Å². The highest BCUT2D eigenvalue weighted by Crippen LogP contribution is 2.25. The molecule has 1 aromatic rings. The predicted molar refractivity (Wildman–Crippen MR) is 100 cm³/mol. The van der Waals surface area contributed by atoms with Crippen LogP contribution in [0.15, 0.2) is 24.3 Å². The fraction of sp³-hybridized carbons (Fsp3) is 0.550. The van der Waals surface area contributed by atoms with E-state index in [1.807, 2.05) is 4.90 Å². The molecule has 2 N–H and O–H groups in total. The van der Waals surface area contributed by atoms with Gasteiger partial charge in [-0.2, -0.15) is 0 Å². The smallest absolute Gasteiger partial charge is 0.303 e. The lowest BCUT2D eigenvalue weighted by molar-refractivity contribution is -0.137. The van der Waals surface area contributed by atoms with Crippen LogP contribution < -0.4 is 5.32 Å². The van der Waals surface area contributed by atoms with Crippen molar-refractivity contribution in [2.75, 3.05) is 18.4 Å². The standard InChI is InChI=1S/C20H28N2O4/c1-14-11-15(2)13-22(12-14)20(26)16-7-3-4-8-17(16)21-18(23)9-5-6-10-19(24)25/h3-4,7-8,14-15H,5-6,9-13H2,1-2H3,(H,21,23)(H,24,25). The highest BCUT2D eigenvalue weighted by molar-refractivity contribution is 6.03. The summed E-state index contributed by atoms with van der Waals surface area (Å²) in [5.74, 6) is -0.162. The van der Waals surface area contributed by atoms with Crippen LogP contribution in [0, 0.1) is 11.8 Å². The van der Waals surface area contributed by atoms with E-state index < -0.39 is 5.97 Å². The normalized spacial score (nSPS) is 19.8. The van der Waals surface area contributed by atoms with Gasteiger partial charge in [-0.3, -0.25) is 14.4 Å². The minimum Gasteiger partial charge on any atom is -0.481 e. The summed E-state index contributed by atoms with van der Waals surface area (Å²) < 4.78 is 0. The van der Waals surface area contributed by atoms with Gasteiger partial charge in [0.25, 0.3) is 5.91 Å². The summed E-state index contributed by atoms with van der Waals surface area (Å²) in [5.41, 5.74) is 1.03. The number of nitrogens with zero attached hydrogens (tertiary/aromatic N) is 1. The molecule has 0 aromatic heterocycles. The fourth-order valence-electron chi connectivity index (χ4n) is 3.55. The molecule has 1 heterocycles. The van der Waals surface area contributed by atoms with E-state index in [1.54, 1.807) is 24.3 Å². The third kappa shape index (κ3) is 5.86. The van der Waals surface area contributed by atoms with Crippen LogP contribution in [0.2, 0.25) is 0 Å². The van der Waals surface area contributed by atoms with E-state index >= 15 is 0 Å². The summed E-state index contributed by atoms with van der Waals surface area (Å²) in [6.07, 6.45) is 2.40. The predicted octanol–water partition coefficient (Wildman–Crippen LogP) is 3.39. The molecule has 1 aliphatic heterocycles. The number of rotatable bonds is 7. The van der Waals surface area contributed by atoms with Crippen LogP contribution >= 0.6 is 0 Å². The maximum absolute atomic E-state index is 12.9. The van der Waals surface area contributed by atoms with E-state index in [9.17, 15) is 14.4 Å². The quantitative estimate of drug-likeness (QED) is 0.730. The maximum Gasteiger partial charge on any atom is 0.303 e. The second kappa shape index (κ2) is 9.36. The summed E-state index contributed by atoms with van der Waals surface area (Å²) in [5, 5.41) is 11.4. The molecule has 0 radical (unpaired) electrons. The first-order valence-electron chi connectivity index (χ1n) is 9.26. The van der Waals surface area contributed by atoms with Gasteiger partial charge in [0.2, 0.25) is 5.91 Å². The van der Waals surface area contributed by atoms with E-state index in [1.165, 1.54) is 0 Å². The Bertz CT molecular complexity index is 649. The molecule has 0 aliphatic carbocycles. The van der Waals surface area contributed by atoms with E-state index in [4.69, 9.17) is 5.11 Å². The number of para-hydroxylation sites is 1. The van der Waals surface area contributed by atoms with E-state index in [0.717, 1.165) is 19.5 Å². The third-order valence-corrected chi connectivity index (χ3v) is 4.63. The average Bonchev–Trinajstić information content (AvgIpc) is 2.57. The van der Waals surface area contributed by atoms with Crippen molar-refractivity contribution in [2.45, 2.75) is 46.0 Å². The third-order valence-electron chi connectivity index (χ3n) is 4.63. The molecule has 2 unspecified atom stereocenters. The molecule has 6 nitrogen and oxygen atoms in total. The van der Waals surface area contributed by atoms with Crippen molar-refractivity contribution < 1.29 is 19.5 Å². The SMILES string of the molecule is CC1CC(C)CN(C(=O)c2ccccc2NC(=O)CCCCC(=O)O)C1. The lowest BCUT2D eigenvalue weighted by atomic mass is 9.91. The highest BCUT2D eigenvalue weighted by atomic mass is 16.4. The Hall–Kier alpha value is -2.37. The van der Waals surface area contributed by atoms with Gasteiger partial charge in [0.1, 0.15) is 0 Å². The minimum absolute atomic E-state index is 0.0508. The molecule has 1 aliphatic rings. The molecule has 142 valence electrons. The van der Waals surface area contributed by atoms with Crippen LogP contribution in [0.3, 0.4) is 0 Å². The van der Waals surface area contributed by atoms with Gasteiger partial charge in [-0.1, -0.05) is 26.0 Å². The van der Waals surface area contributed by atoms with Crippen molar-refractivity contribution in [1.82, 2.24) is 4.90 Å². The number of carboxylic acids is 1. The summed E-state index contributed by atoms with van der Waals surface area (Å²) in [4.78, 5) is 37.4. The Balaban J connectivity index is 1.99. The lowest BCUT2D eigenvalue weighted by Gasteiger charge is -2.35. The maximum atomic E-state index is 12.9. The highest BCUT2D eigenvalue weighted by Gasteiger charge is 2.27. The number of carboxylic acid groups (broad SMARTS) is 1. The second-order valence-corrected chi connectivity index (χ2v) is 7.35. The Morgan fingerprint density at radius 3 is 2.35 bits per heavy atom. The van der Waals surface area contributed by atoms with Gasteiger partial charge >= 0.3 is 5.97 Å². The first-order chi connectivity index (χ1) is 12.4. The van der Waals surface area contributed by atoms with Gasteiger partial charge in [0.05, 0.1) is 11.3 Å². The van der Waals surface area contributed by atoms with Crippen molar-refractivity contribution in [3.05, 3.63) is 29.8 Å². The van der Waals surface area contributed by atoms with E-state index in [2.05, 4.69) is 19.2 Å². The molecule has 1 saturated heterocycles. The Labute approximate surface area is 154 Å². The molecule has 1 aromatic carbocycles. The van der Waals surface area contributed by atoms with Crippen molar-refractivity contribution >= 4 is 23.5 Å². The number of amides is 2. The van der Waals surface area contributed by atoms with Crippen molar-refractivity contribution in [2.24, 2.45) is 11.8 Å². The average molecular weight is 360 g/mol. The van der Waals surface area contributed by atoms with Gasteiger partial charge in [-0.15, -0.1) is 0 Å². The van der Waals surface area contributed by atoms with E-state index in [-0.39, 0.29) is 24.7 Å².